The largest absolute Gasteiger partial charge is 0.398 e. The van der Waals surface area contributed by atoms with Gasteiger partial charge in [0.15, 0.2) is 0 Å². The van der Waals surface area contributed by atoms with E-state index in [-0.39, 0.29) is 5.82 Å². The van der Waals surface area contributed by atoms with Gasteiger partial charge in [0.1, 0.15) is 5.82 Å². The molecule has 0 bridgehead atoms. The van der Waals surface area contributed by atoms with E-state index in [9.17, 15) is 4.39 Å². The van der Waals surface area contributed by atoms with Crippen LogP contribution in [0, 0.1) is 5.82 Å². The number of hydrogen-bond acceptors (Lipinski definition) is 3. The molecule has 1 aromatic rings. The van der Waals surface area contributed by atoms with Gasteiger partial charge < -0.3 is 5.73 Å². The van der Waals surface area contributed by atoms with Gasteiger partial charge in [0.25, 0.3) is 0 Å². The van der Waals surface area contributed by atoms with Crippen molar-refractivity contribution < 1.29 is 4.39 Å². The summed E-state index contributed by atoms with van der Waals surface area (Å²) < 4.78 is 13.3. The van der Waals surface area contributed by atoms with E-state index >= 15 is 0 Å². The zero-order valence-electron chi connectivity index (χ0n) is 11.3. The fourth-order valence-electron chi connectivity index (χ4n) is 3.31. The Morgan fingerprint density at radius 3 is 2.79 bits per heavy atom. The summed E-state index contributed by atoms with van der Waals surface area (Å²) in [6.45, 7) is 5.46. The summed E-state index contributed by atoms with van der Waals surface area (Å²) >= 11 is 0. The van der Waals surface area contributed by atoms with Crippen LogP contribution in [0.5, 0.6) is 0 Å². The Kier molecular flexibility index (Phi) is 3.71. The molecule has 2 saturated heterocycles. The van der Waals surface area contributed by atoms with Crippen LogP contribution in [-0.4, -0.2) is 42.0 Å². The number of nitrogens with two attached hydrogens (primary N) is 1. The van der Waals surface area contributed by atoms with Gasteiger partial charge in [-0.05, 0) is 56.1 Å². The quantitative estimate of drug-likeness (QED) is 0.847. The van der Waals surface area contributed by atoms with Crippen molar-refractivity contribution >= 4 is 5.69 Å². The molecular weight excluding hydrogens is 241 g/mol. The molecule has 1 atom stereocenters. The number of halogens is 1. The highest BCUT2D eigenvalue weighted by Gasteiger charge is 2.29. The second-order valence-corrected chi connectivity index (χ2v) is 5.76. The van der Waals surface area contributed by atoms with E-state index in [2.05, 4.69) is 9.80 Å². The van der Waals surface area contributed by atoms with Gasteiger partial charge in [-0.25, -0.2) is 4.39 Å². The van der Waals surface area contributed by atoms with Crippen molar-refractivity contribution in [3.8, 4) is 0 Å². The molecule has 2 fully saturated rings. The molecular formula is C15H22FN3. The first-order valence-electron chi connectivity index (χ1n) is 7.23. The van der Waals surface area contributed by atoms with Gasteiger partial charge in [-0.1, -0.05) is 0 Å². The first-order valence-corrected chi connectivity index (χ1v) is 7.23. The lowest BCUT2D eigenvalue weighted by molar-refractivity contribution is 0.230. The van der Waals surface area contributed by atoms with Crippen LogP contribution >= 0.6 is 0 Å². The number of nitrogen functional groups attached to an aromatic ring is 1. The Hall–Kier alpha value is -1.13. The monoisotopic (exact) mass is 263 g/mol. The van der Waals surface area contributed by atoms with Gasteiger partial charge >= 0.3 is 0 Å². The lowest BCUT2D eigenvalue weighted by atomic mass is 10.1. The van der Waals surface area contributed by atoms with Crippen molar-refractivity contribution in [1.29, 1.82) is 0 Å². The van der Waals surface area contributed by atoms with Crippen LogP contribution in [-0.2, 0) is 6.54 Å². The van der Waals surface area contributed by atoms with Gasteiger partial charge in [0, 0.05) is 31.4 Å². The van der Waals surface area contributed by atoms with Crippen LogP contribution in [0.3, 0.4) is 0 Å². The number of anilines is 1. The van der Waals surface area contributed by atoms with Crippen molar-refractivity contribution in [2.24, 2.45) is 0 Å². The number of likely N-dealkylation sites (tertiary alicyclic amines) is 2. The molecule has 3 rings (SSSR count). The minimum atomic E-state index is -0.195. The summed E-state index contributed by atoms with van der Waals surface area (Å²) in [7, 11) is 0. The van der Waals surface area contributed by atoms with E-state index in [1.54, 1.807) is 12.1 Å². The van der Waals surface area contributed by atoms with Crippen LogP contribution in [0.2, 0.25) is 0 Å². The average molecular weight is 263 g/mol. The molecule has 2 aliphatic heterocycles. The van der Waals surface area contributed by atoms with Gasteiger partial charge in [0.2, 0.25) is 0 Å². The summed E-state index contributed by atoms with van der Waals surface area (Å²) in [4.78, 5) is 5.00. The van der Waals surface area contributed by atoms with Gasteiger partial charge in [-0.2, -0.15) is 0 Å². The molecule has 2 N–H and O–H groups in total. The lowest BCUT2D eigenvalue weighted by Gasteiger charge is -2.24. The van der Waals surface area contributed by atoms with E-state index < -0.39 is 0 Å². The third-order valence-electron chi connectivity index (χ3n) is 4.40. The number of nitrogens with zero attached hydrogens (tertiary/aromatic N) is 2. The second-order valence-electron chi connectivity index (χ2n) is 5.76. The predicted molar refractivity (Wildman–Crippen MR) is 75.3 cm³/mol. The van der Waals surface area contributed by atoms with E-state index in [1.807, 2.05) is 0 Å². The Balaban J connectivity index is 1.60. The van der Waals surface area contributed by atoms with Crippen LogP contribution in [0.25, 0.3) is 0 Å². The summed E-state index contributed by atoms with van der Waals surface area (Å²) in [5.74, 6) is -0.195. The summed E-state index contributed by atoms with van der Waals surface area (Å²) in [5.41, 5.74) is 7.54. The molecule has 0 spiro atoms. The fourth-order valence-corrected chi connectivity index (χ4v) is 3.31. The fraction of sp³-hybridized carbons (Fsp3) is 0.600. The zero-order valence-corrected chi connectivity index (χ0v) is 11.3. The van der Waals surface area contributed by atoms with E-state index in [1.165, 1.54) is 38.4 Å². The number of rotatable bonds is 3. The third kappa shape index (κ3) is 2.90. The Morgan fingerprint density at radius 1 is 1.21 bits per heavy atom. The smallest absolute Gasteiger partial charge is 0.123 e. The minimum absolute atomic E-state index is 0.195. The Morgan fingerprint density at radius 2 is 2.00 bits per heavy atom. The SMILES string of the molecule is Nc1ccc(F)cc1CN1CCC(N2CCCC2)C1. The van der Waals surface area contributed by atoms with Crippen LogP contribution in [0.4, 0.5) is 10.1 Å². The molecule has 0 aliphatic carbocycles. The van der Waals surface area contributed by atoms with Gasteiger partial charge in [-0.15, -0.1) is 0 Å². The lowest BCUT2D eigenvalue weighted by Crippen LogP contribution is -2.35. The standard InChI is InChI=1S/C15H22FN3/c16-13-3-4-15(17)12(9-13)10-18-8-5-14(11-18)19-6-1-2-7-19/h3-4,9,14H,1-2,5-8,10-11,17H2. The number of benzene rings is 1. The zero-order chi connectivity index (χ0) is 13.2. The maximum absolute atomic E-state index is 13.3. The van der Waals surface area contributed by atoms with E-state index in [0.717, 1.165) is 25.2 Å². The summed E-state index contributed by atoms with van der Waals surface area (Å²) in [5, 5.41) is 0. The minimum Gasteiger partial charge on any atom is -0.398 e. The molecule has 19 heavy (non-hydrogen) atoms. The molecule has 2 aliphatic rings. The highest BCUT2D eigenvalue weighted by molar-refractivity contribution is 5.46. The Labute approximate surface area is 114 Å². The highest BCUT2D eigenvalue weighted by atomic mass is 19.1. The molecule has 1 aromatic carbocycles. The van der Waals surface area contributed by atoms with Crippen molar-refractivity contribution in [3.05, 3.63) is 29.6 Å². The van der Waals surface area contributed by atoms with Crippen molar-refractivity contribution in [1.82, 2.24) is 9.80 Å². The first kappa shape index (κ1) is 12.9. The maximum atomic E-state index is 13.3. The molecule has 104 valence electrons. The molecule has 0 amide bonds. The molecule has 1 unspecified atom stereocenters. The van der Waals surface area contributed by atoms with E-state index in [0.29, 0.717) is 11.7 Å². The normalized spacial score (nSPS) is 25.2. The molecule has 4 heteroatoms. The summed E-state index contributed by atoms with van der Waals surface area (Å²) in [6.07, 6.45) is 3.91. The molecule has 0 saturated carbocycles. The predicted octanol–water partition coefficient (Wildman–Crippen LogP) is 2.08. The first-order chi connectivity index (χ1) is 9.22. The highest BCUT2D eigenvalue weighted by Crippen LogP contribution is 2.23. The summed E-state index contributed by atoms with van der Waals surface area (Å²) in [6, 6.07) is 5.35. The Bertz CT molecular complexity index is 443. The second kappa shape index (κ2) is 5.47. The van der Waals surface area contributed by atoms with Crippen molar-refractivity contribution in [2.45, 2.75) is 31.8 Å². The van der Waals surface area contributed by atoms with Crippen molar-refractivity contribution in [2.75, 3.05) is 31.9 Å². The topological polar surface area (TPSA) is 32.5 Å². The number of hydrogen-bond donors (Lipinski definition) is 1. The van der Waals surface area contributed by atoms with Gasteiger partial charge in [-0.3, -0.25) is 9.80 Å². The maximum Gasteiger partial charge on any atom is 0.123 e. The van der Waals surface area contributed by atoms with Crippen LogP contribution < -0.4 is 5.73 Å². The van der Waals surface area contributed by atoms with Gasteiger partial charge in [0.05, 0.1) is 0 Å². The average Bonchev–Trinajstić information content (AvgIpc) is 3.04. The van der Waals surface area contributed by atoms with Crippen LogP contribution in [0.1, 0.15) is 24.8 Å². The molecule has 3 nitrogen and oxygen atoms in total. The van der Waals surface area contributed by atoms with E-state index in [4.69, 9.17) is 5.73 Å². The van der Waals surface area contributed by atoms with Crippen molar-refractivity contribution in [3.63, 3.8) is 0 Å². The third-order valence-corrected chi connectivity index (χ3v) is 4.40. The molecule has 0 aromatic heterocycles. The molecule has 2 heterocycles. The molecule has 0 radical (unpaired) electrons. The van der Waals surface area contributed by atoms with Crippen LogP contribution in [0.15, 0.2) is 18.2 Å².